The standard InChI is InChI=1S/C19H18ClNO5/c1-24-19(23)13-3-6-15(7-4-13)25-10-2-9-21-16-11-14(20)5-8-17(16)26-12-18(21)22/h3-8,11H,2,9-10,12H2,1H3. The van der Waals surface area contributed by atoms with Gasteiger partial charge in [-0.3, -0.25) is 4.79 Å². The summed E-state index contributed by atoms with van der Waals surface area (Å²) in [4.78, 5) is 25.2. The van der Waals surface area contributed by atoms with Gasteiger partial charge in [0.15, 0.2) is 6.61 Å². The Morgan fingerprint density at radius 3 is 2.73 bits per heavy atom. The van der Waals surface area contributed by atoms with Crippen molar-refractivity contribution in [1.29, 1.82) is 0 Å². The Balaban J connectivity index is 1.54. The number of esters is 1. The third kappa shape index (κ3) is 4.08. The van der Waals surface area contributed by atoms with Crippen LogP contribution in [0.15, 0.2) is 42.5 Å². The molecule has 0 fully saturated rings. The van der Waals surface area contributed by atoms with Gasteiger partial charge in [0.25, 0.3) is 5.91 Å². The fourth-order valence-electron chi connectivity index (χ4n) is 2.64. The maximum atomic E-state index is 12.1. The van der Waals surface area contributed by atoms with Gasteiger partial charge in [0, 0.05) is 11.6 Å². The Morgan fingerprint density at radius 2 is 2.00 bits per heavy atom. The van der Waals surface area contributed by atoms with Crippen LogP contribution in [0.2, 0.25) is 5.02 Å². The average molecular weight is 376 g/mol. The smallest absolute Gasteiger partial charge is 0.337 e. The van der Waals surface area contributed by atoms with E-state index < -0.39 is 0 Å². The number of rotatable bonds is 6. The van der Waals surface area contributed by atoms with Gasteiger partial charge in [0.05, 0.1) is 25.0 Å². The highest BCUT2D eigenvalue weighted by Crippen LogP contribution is 2.34. The molecule has 0 saturated heterocycles. The molecule has 2 aromatic rings. The summed E-state index contributed by atoms with van der Waals surface area (Å²) < 4.78 is 15.7. The minimum absolute atomic E-state index is 0.0183. The van der Waals surface area contributed by atoms with Gasteiger partial charge in [-0.15, -0.1) is 0 Å². The van der Waals surface area contributed by atoms with E-state index >= 15 is 0 Å². The zero-order valence-corrected chi connectivity index (χ0v) is 15.0. The first-order chi connectivity index (χ1) is 12.6. The fraction of sp³-hybridized carbons (Fsp3) is 0.263. The van der Waals surface area contributed by atoms with Crippen LogP contribution in [0.1, 0.15) is 16.8 Å². The number of anilines is 1. The van der Waals surface area contributed by atoms with Crippen LogP contribution in [0, 0.1) is 0 Å². The molecule has 0 atom stereocenters. The van der Waals surface area contributed by atoms with Crippen LogP contribution in [-0.2, 0) is 9.53 Å². The minimum Gasteiger partial charge on any atom is -0.494 e. The van der Waals surface area contributed by atoms with Crippen LogP contribution >= 0.6 is 11.6 Å². The zero-order chi connectivity index (χ0) is 18.5. The summed E-state index contributed by atoms with van der Waals surface area (Å²) in [5.74, 6) is 0.796. The Kier molecular flexibility index (Phi) is 5.63. The van der Waals surface area contributed by atoms with Crippen molar-refractivity contribution in [3.05, 3.63) is 53.1 Å². The average Bonchev–Trinajstić information content (AvgIpc) is 2.66. The molecule has 0 saturated carbocycles. The molecular weight excluding hydrogens is 358 g/mol. The van der Waals surface area contributed by atoms with E-state index in [1.165, 1.54) is 7.11 Å². The Labute approximate surface area is 156 Å². The Bertz CT molecular complexity index is 806. The van der Waals surface area contributed by atoms with E-state index in [-0.39, 0.29) is 18.5 Å². The van der Waals surface area contributed by atoms with E-state index in [1.807, 2.05) is 0 Å². The maximum Gasteiger partial charge on any atom is 0.337 e. The van der Waals surface area contributed by atoms with Crippen molar-refractivity contribution in [1.82, 2.24) is 0 Å². The molecule has 0 radical (unpaired) electrons. The number of nitrogens with zero attached hydrogens (tertiary/aromatic N) is 1. The van der Waals surface area contributed by atoms with Gasteiger partial charge >= 0.3 is 5.97 Å². The number of carbonyl (C=O) groups excluding carboxylic acids is 2. The number of hydrogen-bond donors (Lipinski definition) is 0. The van der Waals surface area contributed by atoms with Crippen LogP contribution in [0.5, 0.6) is 11.5 Å². The number of methoxy groups -OCH3 is 1. The molecular formula is C19H18ClNO5. The summed E-state index contributed by atoms with van der Waals surface area (Å²) in [5.41, 5.74) is 1.14. The second-order valence-electron chi connectivity index (χ2n) is 5.66. The second-order valence-corrected chi connectivity index (χ2v) is 6.10. The number of hydrogen-bond acceptors (Lipinski definition) is 5. The van der Waals surface area contributed by atoms with Gasteiger partial charge in [-0.2, -0.15) is 0 Å². The molecule has 0 unspecified atom stereocenters. The first-order valence-corrected chi connectivity index (χ1v) is 8.50. The molecule has 0 bridgehead atoms. The van der Waals surface area contributed by atoms with Gasteiger partial charge < -0.3 is 19.1 Å². The largest absolute Gasteiger partial charge is 0.494 e. The van der Waals surface area contributed by atoms with Crippen molar-refractivity contribution < 1.29 is 23.8 Å². The lowest BCUT2D eigenvalue weighted by molar-refractivity contribution is -0.121. The van der Waals surface area contributed by atoms with Gasteiger partial charge in [0.1, 0.15) is 11.5 Å². The lowest BCUT2D eigenvalue weighted by Gasteiger charge is -2.29. The Hall–Kier alpha value is -2.73. The van der Waals surface area contributed by atoms with Crippen molar-refractivity contribution in [2.24, 2.45) is 0 Å². The Morgan fingerprint density at radius 1 is 1.23 bits per heavy atom. The highest BCUT2D eigenvalue weighted by atomic mass is 35.5. The summed E-state index contributed by atoms with van der Waals surface area (Å²) in [6.07, 6.45) is 0.635. The topological polar surface area (TPSA) is 65.1 Å². The third-order valence-corrected chi connectivity index (χ3v) is 4.17. The molecule has 136 valence electrons. The molecule has 1 aliphatic rings. The number of amides is 1. The third-order valence-electron chi connectivity index (χ3n) is 3.93. The van der Waals surface area contributed by atoms with E-state index in [9.17, 15) is 9.59 Å². The molecule has 0 aliphatic carbocycles. The van der Waals surface area contributed by atoms with Crippen LogP contribution < -0.4 is 14.4 Å². The molecule has 2 aromatic carbocycles. The number of ether oxygens (including phenoxy) is 3. The predicted octanol–water partition coefficient (Wildman–Crippen LogP) is 3.32. The molecule has 6 nitrogen and oxygen atoms in total. The van der Waals surface area contributed by atoms with Gasteiger partial charge in [-0.05, 0) is 48.9 Å². The molecule has 1 amide bonds. The van der Waals surface area contributed by atoms with E-state index in [4.69, 9.17) is 21.1 Å². The van der Waals surface area contributed by atoms with Gasteiger partial charge in [-0.25, -0.2) is 4.79 Å². The van der Waals surface area contributed by atoms with E-state index in [2.05, 4.69) is 4.74 Å². The zero-order valence-electron chi connectivity index (χ0n) is 14.2. The minimum atomic E-state index is -0.389. The van der Waals surface area contributed by atoms with Crippen molar-refractivity contribution in [3.8, 4) is 11.5 Å². The van der Waals surface area contributed by atoms with Crippen LogP contribution in [0.4, 0.5) is 5.69 Å². The molecule has 1 heterocycles. The van der Waals surface area contributed by atoms with Crippen molar-refractivity contribution >= 4 is 29.2 Å². The van der Waals surface area contributed by atoms with Crippen LogP contribution in [0.3, 0.4) is 0 Å². The number of benzene rings is 2. The monoisotopic (exact) mass is 375 g/mol. The molecule has 26 heavy (non-hydrogen) atoms. The van der Waals surface area contributed by atoms with E-state index in [0.29, 0.717) is 47.3 Å². The quantitative estimate of drug-likeness (QED) is 0.572. The summed E-state index contributed by atoms with van der Waals surface area (Å²) in [7, 11) is 1.34. The normalized spacial score (nSPS) is 13.0. The summed E-state index contributed by atoms with van der Waals surface area (Å²) in [5, 5.41) is 0.550. The first-order valence-electron chi connectivity index (χ1n) is 8.12. The summed E-state index contributed by atoms with van der Waals surface area (Å²) in [6, 6.07) is 11.9. The van der Waals surface area contributed by atoms with E-state index in [0.717, 1.165) is 0 Å². The molecule has 0 aromatic heterocycles. The molecule has 0 spiro atoms. The number of halogens is 1. The SMILES string of the molecule is COC(=O)c1ccc(OCCCN2C(=O)COc3ccc(Cl)cc32)cc1. The van der Waals surface area contributed by atoms with Crippen LogP contribution in [-0.4, -0.2) is 38.7 Å². The van der Waals surface area contributed by atoms with E-state index in [1.54, 1.807) is 47.4 Å². The molecule has 1 aliphatic heterocycles. The maximum absolute atomic E-state index is 12.1. The molecule has 0 N–H and O–H groups in total. The number of carbonyl (C=O) groups is 2. The van der Waals surface area contributed by atoms with Crippen molar-refractivity contribution in [2.75, 3.05) is 31.8 Å². The first kappa shape index (κ1) is 18.1. The fourth-order valence-corrected chi connectivity index (χ4v) is 2.80. The lowest BCUT2D eigenvalue weighted by atomic mass is 10.2. The highest BCUT2D eigenvalue weighted by Gasteiger charge is 2.25. The van der Waals surface area contributed by atoms with Gasteiger partial charge in [-0.1, -0.05) is 11.6 Å². The summed E-state index contributed by atoms with van der Waals surface area (Å²) in [6.45, 7) is 0.943. The number of fused-ring (bicyclic) bond motifs is 1. The molecule has 3 rings (SSSR count). The summed E-state index contributed by atoms with van der Waals surface area (Å²) >= 11 is 6.03. The second kappa shape index (κ2) is 8.10. The van der Waals surface area contributed by atoms with Crippen molar-refractivity contribution in [3.63, 3.8) is 0 Å². The highest BCUT2D eigenvalue weighted by molar-refractivity contribution is 6.31. The molecule has 7 heteroatoms. The lowest BCUT2D eigenvalue weighted by Crippen LogP contribution is -2.39. The van der Waals surface area contributed by atoms with Crippen LogP contribution in [0.25, 0.3) is 0 Å². The predicted molar refractivity (Wildman–Crippen MR) is 97.2 cm³/mol. The van der Waals surface area contributed by atoms with Crippen molar-refractivity contribution in [2.45, 2.75) is 6.42 Å². The van der Waals surface area contributed by atoms with Gasteiger partial charge in [0.2, 0.25) is 0 Å².